The normalized spacial score (nSPS) is 21.2. The van der Waals surface area contributed by atoms with Crippen LogP contribution in [0.4, 0.5) is 0 Å². The van der Waals surface area contributed by atoms with Gasteiger partial charge in [0.25, 0.3) is 0 Å². The molecule has 2 saturated heterocycles. The molecule has 4 rings (SSSR count). The lowest BCUT2D eigenvalue weighted by Gasteiger charge is -2.62. The fourth-order valence-electron chi connectivity index (χ4n) is 5.39. The Bertz CT molecular complexity index is 950. The Balaban J connectivity index is 1.50. The van der Waals surface area contributed by atoms with Crippen molar-refractivity contribution in [1.82, 2.24) is 15.1 Å². The van der Waals surface area contributed by atoms with E-state index >= 15 is 0 Å². The van der Waals surface area contributed by atoms with Crippen LogP contribution in [0.5, 0.6) is 5.75 Å². The third kappa shape index (κ3) is 4.24. The zero-order valence-electron chi connectivity index (χ0n) is 19.1. The van der Waals surface area contributed by atoms with Gasteiger partial charge in [-0.1, -0.05) is 42.5 Å². The number of amides is 2. The molecular weight excluding hydrogens is 402 g/mol. The van der Waals surface area contributed by atoms with Crippen LogP contribution in [0.3, 0.4) is 0 Å². The van der Waals surface area contributed by atoms with Crippen molar-refractivity contribution in [2.45, 2.75) is 51.7 Å². The average molecular weight is 436 g/mol. The van der Waals surface area contributed by atoms with E-state index in [0.29, 0.717) is 25.2 Å². The van der Waals surface area contributed by atoms with Crippen molar-refractivity contribution in [3.05, 3.63) is 65.7 Å². The molecule has 2 heterocycles. The zero-order chi connectivity index (χ0) is 22.9. The van der Waals surface area contributed by atoms with Crippen LogP contribution in [-0.2, 0) is 9.59 Å². The van der Waals surface area contributed by atoms with Crippen molar-refractivity contribution in [2.24, 2.45) is 5.41 Å². The van der Waals surface area contributed by atoms with Crippen LogP contribution in [0, 0.1) is 5.41 Å². The molecule has 2 N–H and O–H groups in total. The smallest absolute Gasteiger partial charge is 0.249 e. The summed E-state index contributed by atoms with van der Waals surface area (Å²) in [6.07, 6.45) is 1.85. The van der Waals surface area contributed by atoms with E-state index in [2.05, 4.69) is 24.1 Å². The van der Waals surface area contributed by atoms with E-state index in [9.17, 15) is 14.7 Å². The molecule has 170 valence electrons. The molecule has 0 bridgehead atoms. The number of nitrogens with one attached hydrogen (secondary N) is 1. The van der Waals surface area contributed by atoms with Gasteiger partial charge < -0.3 is 15.3 Å². The van der Waals surface area contributed by atoms with Crippen LogP contribution in [0.15, 0.2) is 54.6 Å². The Labute approximate surface area is 190 Å². The molecule has 2 unspecified atom stereocenters. The van der Waals surface area contributed by atoms with Gasteiger partial charge in [0.15, 0.2) is 0 Å². The molecule has 6 heteroatoms. The molecule has 2 amide bonds. The van der Waals surface area contributed by atoms with Gasteiger partial charge in [-0.15, -0.1) is 0 Å². The molecule has 1 spiro atoms. The molecule has 0 aliphatic carbocycles. The molecule has 32 heavy (non-hydrogen) atoms. The number of aromatic hydroxyl groups is 1. The van der Waals surface area contributed by atoms with Crippen LogP contribution in [0.25, 0.3) is 0 Å². The number of rotatable bonds is 5. The number of phenolic OH excluding ortho intramolecular Hbond substituents is 1. The van der Waals surface area contributed by atoms with E-state index < -0.39 is 6.04 Å². The first-order valence-electron chi connectivity index (χ1n) is 11.5. The summed E-state index contributed by atoms with van der Waals surface area (Å²) in [4.78, 5) is 29.6. The van der Waals surface area contributed by atoms with Crippen molar-refractivity contribution >= 4 is 11.8 Å². The Morgan fingerprint density at radius 2 is 1.66 bits per heavy atom. The number of hydrogen-bond donors (Lipinski definition) is 2. The van der Waals surface area contributed by atoms with Crippen molar-refractivity contribution in [3.8, 4) is 5.75 Å². The molecule has 0 saturated carbocycles. The fraction of sp³-hybridized carbons (Fsp3) is 0.462. The van der Waals surface area contributed by atoms with Gasteiger partial charge in [-0.3, -0.25) is 14.5 Å². The largest absolute Gasteiger partial charge is 0.508 e. The summed E-state index contributed by atoms with van der Waals surface area (Å²) in [7, 11) is 0. The Kier molecular flexibility index (Phi) is 6.24. The number of hydrogen-bond acceptors (Lipinski definition) is 4. The van der Waals surface area contributed by atoms with Crippen LogP contribution in [0.1, 0.15) is 56.8 Å². The van der Waals surface area contributed by atoms with Crippen LogP contribution >= 0.6 is 0 Å². The standard InChI is InChI=1S/C26H33N3O3/c1-18(2)29-17-26(24(29)21-9-11-22(31)12-10-21)13-15-28(16-14-26)25(32)23(27-19(3)30)20-7-5-4-6-8-20/h4-12,18,23-24,31H,13-17H2,1-3H3,(H,27,30). The highest BCUT2D eigenvalue weighted by Crippen LogP contribution is 2.55. The number of piperidine rings is 1. The fourth-order valence-corrected chi connectivity index (χ4v) is 5.39. The van der Waals surface area contributed by atoms with Crippen LogP contribution in [0.2, 0.25) is 0 Å². The molecule has 2 aliphatic heterocycles. The van der Waals surface area contributed by atoms with Crippen molar-refractivity contribution in [3.63, 3.8) is 0 Å². The van der Waals surface area contributed by atoms with E-state index in [0.717, 1.165) is 24.9 Å². The number of likely N-dealkylation sites (tertiary alicyclic amines) is 2. The molecule has 6 nitrogen and oxygen atoms in total. The lowest BCUT2D eigenvalue weighted by molar-refractivity contribution is -0.150. The number of carbonyl (C=O) groups is 2. The Hall–Kier alpha value is -2.86. The zero-order valence-corrected chi connectivity index (χ0v) is 19.1. The average Bonchev–Trinajstić information content (AvgIpc) is 2.77. The summed E-state index contributed by atoms with van der Waals surface area (Å²) in [5.74, 6) is 0.0330. The van der Waals surface area contributed by atoms with Gasteiger partial charge >= 0.3 is 0 Å². The Morgan fingerprint density at radius 3 is 2.22 bits per heavy atom. The summed E-state index contributed by atoms with van der Waals surface area (Å²) in [6, 6.07) is 17.1. The Morgan fingerprint density at radius 1 is 1.03 bits per heavy atom. The number of benzene rings is 2. The van der Waals surface area contributed by atoms with E-state index in [-0.39, 0.29) is 23.0 Å². The van der Waals surface area contributed by atoms with Gasteiger partial charge in [0.2, 0.25) is 11.8 Å². The number of carbonyl (C=O) groups excluding carboxylic acids is 2. The maximum Gasteiger partial charge on any atom is 0.249 e. The van der Waals surface area contributed by atoms with Gasteiger partial charge in [-0.2, -0.15) is 0 Å². The van der Waals surface area contributed by atoms with E-state index in [1.807, 2.05) is 47.4 Å². The van der Waals surface area contributed by atoms with Gasteiger partial charge in [0.1, 0.15) is 11.8 Å². The summed E-state index contributed by atoms with van der Waals surface area (Å²) < 4.78 is 0. The highest BCUT2D eigenvalue weighted by Gasteiger charge is 2.55. The number of nitrogens with zero attached hydrogens (tertiary/aromatic N) is 2. The lowest BCUT2D eigenvalue weighted by Crippen LogP contribution is -2.64. The highest BCUT2D eigenvalue weighted by atomic mass is 16.3. The van der Waals surface area contributed by atoms with Gasteiger partial charge in [0.05, 0.1) is 0 Å². The van der Waals surface area contributed by atoms with Gasteiger partial charge in [-0.05, 0) is 49.9 Å². The molecule has 0 radical (unpaired) electrons. The molecule has 2 aromatic rings. The third-order valence-corrected chi connectivity index (χ3v) is 7.08. The molecule has 2 aliphatic rings. The minimum Gasteiger partial charge on any atom is -0.508 e. The second kappa shape index (κ2) is 8.94. The highest BCUT2D eigenvalue weighted by molar-refractivity contribution is 5.88. The lowest BCUT2D eigenvalue weighted by atomic mass is 9.62. The minimum atomic E-state index is -0.649. The van der Waals surface area contributed by atoms with Crippen molar-refractivity contribution in [1.29, 1.82) is 0 Å². The second-order valence-corrected chi connectivity index (χ2v) is 9.49. The predicted molar refractivity (Wildman–Crippen MR) is 124 cm³/mol. The van der Waals surface area contributed by atoms with Gasteiger partial charge in [-0.25, -0.2) is 0 Å². The predicted octanol–water partition coefficient (Wildman–Crippen LogP) is 3.64. The SMILES string of the molecule is CC(=O)NC(C(=O)N1CCC2(CC1)CN(C(C)C)C2c1ccc(O)cc1)c1ccccc1. The second-order valence-electron chi connectivity index (χ2n) is 9.49. The topological polar surface area (TPSA) is 72.9 Å². The van der Waals surface area contributed by atoms with Gasteiger partial charge in [0, 0.05) is 44.1 Å². The third-order valence-electron chi connectivity index (χ3n) is 7.08. The summed E-state index contributed by atoms with van der Waals surface area (Å²) in [5, 5.41) is 12.6. The van der Waals surface area contributed by atoms with Crippen LogP contribution in [-0.4, -0.2) is 52.4 Å². The van der Waals surface area contributed by atoms with E-state index in [1.54, 1.807) is 12.1 Å². The number of phenols is 1. The molecular formula is C26H33N3O3. The van der Waals surface area contributed by atoms with Crippen LogP contribution < -0.4 is 5.32 Å². The molecule has 0 aromatic heterocycles. The molecule has 2 aromatic carbocycles. The first kappa shape index (κ1) is 22.3. The maximum absolute atomic E-state index is 13.4. The summed E-state index contributed by atoms with van der Waals surface area (Å²) >= 11 is 0. The quantitative estimate of drug-likeness (QED) is 0.752. The first-order valence-corrected chi connectivity index (χ1v) is 11.5. The monoisotopic (exact) mass is 435 g/mol. The molecule has 2 fully saturated rings. The van der Waals surface area contributed by atoms with Crippen molar-refractivity contribution in [2.75, 3.05) is 19.6 Å². The van der Waals surface area contributed by atoms with E-state index in [4.69, 9.17) is 0 Å². The van der Waals surface area contributed by atoms with E-state index in [1.165, 1.54) is 12.5 Å². The minimum absolute atomic E-state index is 0.0394. The van der Waals surface area contributed by atoms with Crippen molar-refractivity contribution < 1.29 is 14.7 Å². The summed E-state index contributed by atoms with van der Waals surface area (Å²) in [5.41, 5.74) is 2.17. The summed E-state index contributed by atoms with van der Waals surface area (Å²) in [6.45, 7) is 8.27. The maximum atomic E-state index is 13.4. The molecule has 2 atom stereocenters. The first-order chi connectivity index (χ1) is 15.3.